The van der Waals surface area contributed by atoms with Gasteiger partial charge in [0.2, 0.25) is 0 Å². The molecule has 2 rings (SSSR count). The van der Waals surface area contributed by atoms with Crippen molar-refractivity contribution in [3.8, 4) is 11.3 Å². The molecule has 3 heteroatoms. The van der Waals surface area contributed by atoms with E-state index in [0.29, 0.717) is 4.77 Å². The molecule has 1 aromatic heterocycles. The van der Waals surface area contributed by atoms with Crippen LogP contribution in [-0.2, 0) is 5.41 Å². The fourth-order valence-electron chi connectivity index (χ4n) is 1.69. The quantitative estimate of drug-likeness (QED) is 0.765. The van der Waals surface area contributed by atoms with E-state index in [0.717, 1.165) is 11.3 Å². The van der Waals surface area contributed by atoms with Crippen LogP contribution < -0.4 is 0 Å². The molecular weight excluding hydrogens is 228 g/mol. The zero-order chi connectivity index (χ0) is 12.5. The number of aromatic nitrogens is 2. The maximum atomic E-state index is 5.02. The minimum atomic E-state index is 0.184. The zero-order valence-electron chi connectivity index (χ0n) is 10.3. The molecule has 0 aliphatic rings. The van der Waals surface area contributed by atoms with Crippen LogP contribution in [-0.4, -0.2) is 9.97 Å². The van der Waals surface area contributed by atoms with Gasteiger partial charge in [0, 0.05) is 11.9 Å². The standard InChI is InChI=1S/C14H16N2S/c1-14(2,3)11-6-4-10(5-7-11)12-8-9-15-13(17)16-12/h4-9H,1-3H3,(H,15,16,17). The molecule has 2 nitrogen and oxygen atoms in total. The van der Waals surface area contributed by atoms with Crippen molar-refractivity contribution in [2.45, 2.75) is 26.2 Å². The molecule has 0 saturated carbocycles. The number of nitrogens with zero attached hydrogens (tertiary/aromatic N) is 1. The first-order valence-corrected chi connectivity index (χ1v) is 6.04. The first kappa shape index (κ1) is 12.0. The van der Waals surface area contributed by atoms with Gasteiger partial charge in [-0.1, -0.05) is 45.0 Å². The predicted octanol–water partition coefficient (Wildman–Crippen LogP) is 4.10. The van der Waals surface area contributed by atoms with Crippen molar-refractivity contribution in [3.63, 3.8) is 0 Å². The van der Waals surface area contributed by atoms with Crippen molar-refractivity contribution in [1.82, 2.24) is 9.97 Å². The van der Waals surface area contributed by atoms with Gasteiger partial charge in [-0.3, -0.25) is 0 Å². The number of benzene rings is 1. The number of hydrogen-bond donors (Lipinski definition) is 1. The van der Waals surface area contributed by atoms with Crippen LogP contribution in [0, 0.1) is 4.77 Å². The summed E-state index contributed by atoms with van der Waals surface area (Å²) in [6, 6.07) is 10.5. The minimum absolute atomic E-state index is 0.184. The molecule has 1 aromatic carbocycles. The molecule has 0 amide bonds. The smallest absolute Gasteiger partial charge is 0.197 e. The summed E-state index contributed by atoms with van der Waals surface area (Å²) in [7, 11) is 0. The Labute approximate surface area is 107 Å². The van der Waals surface area contributed by atoms with Crippen LogP contribution in [0.3, 0.4) is 0 Å². The minimum Gasteiger partial charge on any atom is -0.330 e. The summed E-state index contributed by atoms with van der Waals surface area (Å²) in [5.74, 6) is 0. The van der Waals surface area contributed by atoms with Crippen molar-refractivity contribution in [3.05, 3.63) is 46.9 Å². The van der Waals surface area contributed by atoms with Gasteiger partial charge in [0.25, 0.3) is 0 Å². The van der Waals surface area contributed by atoms with Gasteiger partial charge in [-0.2, -0.15) is 0 Å². The predicted molar refractivity (Wildman–Crippen MR) is 73.6 cm³/mol. The van der Waals surface area contributed by atoms with Gasteiger partial charge in [-0.15, -0.1) is 0 Å². The molecule has 0 bridgehead atoms. The second-order valence-electron chi connectivity index (χ2n) is 5.12. The van der Waals surface area contributed by atoms with Crippen LogP contribution in [0.1, 0.15) is 26.3 Å². The lowest BCUT2D eigenvalue weighted by atomic mass is 9.86. The topological polar surface area (TPSA) is 28.7 Å². The number of hydrogen-bond acceptors (Lipinski definition) is 2. The number of aromatic amines is 1. The van der Waals surface area contributed by atoms with Crippen molar-refractivity contribution in [2.24, 2.45) is 0 Å². The fourth-order valence-corrected chi connectivity index (χ4v) is 1.86. The molecule has 0 unspecified atom stereocenters. The first-order chi connectivity index (χ1) is 7.97. The summed E-state index contributed by atoms with van der Waals surface area (Å²) >= 11 is 5.02. The molecule has 17 heavy (non-hydrogen) atoms. The summed E-state index contributed by atoms with van der Waals surface area (Å²) in [5.41, 5.74) is 3.65. The highest BCUT2D eigenvalue weighted by molar-refractivity contribution is 7.71. The highest BCUT2D eigenvalue weighted by Gasteiger charge is 2.12. The van der Waals surface area contributed by atoms with Crippen molar-refractivity contribution in [1.29, 1.82) is 0 Å². The SMILES string of the molecule is CC(C)(C)c1ccc(-c2ccnc(=S)[nH]2)cc1. The van der Waals surface area contributed by atoms with E-state index in [9.17, 15) is 0 Å². The zero-order valence-corrected chi connectivity index (χ0v) is 11.1. The van der Waals surface area contributed by atoms with E-state index in [4.69, 9.17) is 12.2 Å². The Kier molecular flexibility index (Phi) is 3.11. The normalized spacial score (nSPS) is 11.5. The average Bonchev–Trinajstić information content (AvgIpc) is 2.28. The molecule has 2 aromatic rings. The lowest BCUT2D eigenvalue weighted by Crippen LogP contribution is -2.10. The second-order valence-corrected chi connectivity index (χ2v) is 5.50. The third-order valence-corrected chi connectivity index (χ3v) is 2.94. The molecule has 0 aliphatic carbocycles. The van der Waals surface area contributed by atoms with Gasteiger partial charge in [0.05, 0.1) is 0 Å². The van der Waals surface area contributed by atoms with E-state index >= 15 is 0 Å². The Balaban J connectivity index is 2.39. The summed E-state index contributed by atoms with van der Waals surface area (Å²) in [4.78, 5) is 7.07. The van der Waals surface area contributed by atoms with Crippen LogP contribution >= 0.6 is 12.2 Å². The van der Waals surface area contributed by atoms with E-state index in [1.807, 2.05) is 6.07 Å². The molecule has 0 atom stereocenters. The highest BCUT2D eigenvalue weighted by Crippen LogP contribution is 2.24. The maximum absolute atomic E-state index is 5.02. The molecule has 0 fully saturated rings. The molecule has 0 aliphatic heterocycles. The Morgan fingerprint density at radius 1 is 1.06 bits per heavy atom. The van der Waals surface area contributed by atoms with E-state index in [1.54, 1.807) is 6.20 Å². The van der Waals surface area contributed by atoms with Crippen molar-refractivity contribution >= 4 is 12.2 Å². The van der Waals surface area contributed by atoms with Gasteiger partial charge in [-0.05, 0) is 34.8 Å². The summed E-state index contributed by atoms with van der Waals surface area (Å²) < 4.78 is 0.516. The Bertz CT molecular complexity index is 562. The lowest BCUT2D eigenvalue weighted by Gasteiger charge is -2.19. The number of rotatable bonds is 1. The van der Waals surface area contributed by atoms with E-state index in [1.165, 1.54) is 5.56 Å². The molecule has 1 N–H and O–H groups in total. The number of nitrogens with one attached hydrogen (secondary N) is 1. The molecule has 1 heterocycles. The average molecular weight is 244 g/mol. The monoisotopic (exact) mass is 244 g/mol. The summed E-state index contributed by atoms with van der Waals surface area (Å²) in [6.45, 7) is 6.63. The van der Waals surface area contributed by atoms with E-state index in [-0.39, 0.29) is 5.41 Å². The van der Waals surface area contributed by atoms with Crippen molar-refractivity contribution < 1.29 is 0 Å². The molecule has 0 saturated heterocycles. The van der Waals surface area contributed by atoms with Crippen LogP contribution in [0.2, 0.25) is 0 Å². The third kappa shape index (κ3) is 2.80. The number of H-pyrrole nitrogens is 1. The first-order valence-electron chi connectivity index (χ1n) is 5.63. The molecule has 0 radical (unpaired) electrons. The Hall–Kier alpha value is -1.48. The van der Waals surface area contributed by atoms with Gasteiger partial charge in [0.1, 0.15) is 0 Å². The lowest BCUT2D eigenvalue weighted by molar-refractivity contribution is 0.590. The molecule has 0 spiro atoms. The second kappa shape index (κ2) is 4.41. The van der Waals surface area contributed by atoms with Crippen molar-refractivity contribution in [2.75, 3.05) is 0 Å². The van der Waals surface area contributed by atoms with Gasteiger partial charge < -0.3 is 4.98 Å². The molecule has 88 valence electrons. The van der Waals surface area contributed by atoms with Crippen LogP contribution in [0.15, 0.2) is 36.5 Å². The van der Waals surface area contributed by atoms with Crippen LogP contribution in [0.5, 0.6) is 0 Å². The van der Waals surface area contributed by atoms with Gasteiger partial charge >= 0.3 is 0 Å². The summed E-state index contributed by atoms with van der Waals surface area (Å²) in [5, 5.41) is 0. The van der Waals surface area contributed by atoms with E-state index < -0.39 is 0 Å². The maximum Gasteiger partial charge on any atom is 0.197 e. The third-order valence-electron chi connectivity index (χ3n) is 2.74. The van der Waals surface area contributed by atoms with Gasteiger partial charge in [0.15, 0.2) is 4.77 Å². The Morgan fingerprint density at radius 3 is 2.24 bits per heavy atom. The van der Waals surface area contributed by atoms with E-state index in [2.05, 4.69) is 55.0 Å². The summed E-state index contributed by atoms with van der Waals surface area (Å²) in [6.07, 6.45) is 1.73. The Morgan fingerprint density at radius 2 is 1.71 bits per heavy atom. The highest BCUT2D eigenvalue weighted by atomic mass is 32.1. The van der Waals surface area contributed by atoms with Gasteiger partial charge in [-0.25, -0.2) is 4.98 Å². The largest absolute Gasteiger partial charge is 0.330 e. The van der Waals surface area contributed by atoms with Crippen LogP contribution in [0.4, 0.5) is 0 Å². The fraction of sp³-hybridized carbons (Fsp3) is 0.286. The van der Waals surface area contributed by atoms with Crippen LogP contribution in [0.25, 0.3) is 11.3 Å². The molecular formula is C14H16N2S.